The highest BCUT2D eigenvalue weighted by molar-refractivity contribution is 7.93. The number of likely N-dealkylation sites (tertiary alicyclic amines) is 1. The van der Waals surface area contributed by atoms with Crippen LogP contribution in [0.4, 0.5) is 10.5 Å². The number of urea groups is 1. The summed E-state index contributed by atoms with van der Waals surface area (Å²) in [7, 11) is -1.94. The Kier molecular flexibility index (Phi) is 10.9. The van der Waals surface area contributed by atoms with Gasteiger partial charge < -0.3 is 29.3 Å². The van der Waals surface area contributed by atoms with E-state index in [0.29, 0.717) is 29.2 Å². The molecule has 3 aliphatic heterocycles. The molecule has 1 N–H and O–H groups in total. The van der Waals surface area contributed by atoms with Gasteiger partial charge >= 0.3 is 6.03 Å². The Balaban J connectivity index is 1.40. The number of nitrogens with zero attached hydrogens (tertiary/aromatic N) is 6. The second-order valence-electron chi connectivity index (χ2n) is 13.0. The van der Waals surface area contributed by atoms with Crippen molar-refractivity contribution in [1.29, 1.82) is 5.26 Å². The van der Waals surface area contributed by atoms with Crippen LogP contribution in [0.3, 0.4) is 0 Å². The first-order chi connectivity index (χ1) is 25.1. The number of benzene rings is 2. The Bertz CT molecular complexity index is 1950. The molecule has 15 heteroatoms. The van der Waals surface area contributed by atoms with Gasteiger partial charge in [-0.25, -0.2) is 18.2 Å². The summed E-state index contributed by atoms with van der Waals surface area (Å²) < 4.78 is 46.6. The van der Waals surface area contributed by atoms with Crippen molar-refractivity contribution in [3.8, 4) is 23.4 Å². The van der Waals surface area contributed by atoms with Crippen molar-refractivity contribution in [3.05, 3.63) is 71.4 Å². The Hall–Kier alpha value is -4.91. The molecule has 2 saturated heterocycles. The van der Waals surface area contributed by atoms with E-state index in [1.807, 2.05) is 0 Å². The van der Waals surface area contributed by atoms with Gasteiger partial charge in [-0.3, -0.25) is 9.69 Å². The summed E-state index contributed by atoms with van der Waals surface area (Å²) in [5, 5.41) is 12.9. The summed E-state index contributed by atoms with van der Waals surface area (Å²) in [5.74, 6) is -0.648. The number of ether oxygens (including phenoxy) is 3. The molecule has 0 radical (unpaired) electrons. The summed E-state index contributed by atoms with van der Waals surface area (Å²) >= 11 is 0. The first-order valence-electron chi connectivity index (χ1n) is 17.6. The van der Waals surface area contributed by atoms with Crippen molar-refractivity contribution in [2.45, 2.75) is 49.6 Å². The number of piperidine rings is 1. The maximum atomic E-state index is 15.2. The number of fused-ring (bicyclic) bond motifs is 1. The quantitative estimate of drug-likeness (QED) is 0.308. The highest BCUT2D eigenvalue weighted by atomic mass is 32.2. The van der Waals surface area contributed by atoms with Crippen LogP contribution in [0.1, 0.15) is 49.8 Å². The first-order valence-corrected chi connectivity index (χ1v) is 19.0. The minimum atomic E-state index is -4.70. The lowest BCUT2D eigenvalue weighted by molar-refractivity contribution is -0.121. The summed E-state index contributed by atoms with van der Waals surface area (Å²) in [4.78, 5) is 40.4. The van der Waals surface area contributed by atoms with E-state index in [1.54, 1.807) is 24.0 Å². The maximum absolute atomic E-state index is 15.2. The highest BCUT2D eigenvalue weighted by Crippen LogP contribution is 2.50. The zero-order valence-corrected chi connectivity index (χ0v) is 30.8. The van der Waals surface area contributed by atoms with E-state index in [0.717, 1.165) is 52.0 Å². The summed E-state index contributed by atoms with van der Waals surface area (Å²) in [6, 6.07) is 13.4. The van der Waals surface area contributed by atoms with Crippen molar-refractivity contribution in [3.63, 3.8) is 0 Å². The molecule has 1 unspecified atom stereocenters. The standard InChI is InChI=1S/C37H45N7O7S/c1-5-16-41-19-21-42(22-20-41)27-13-17-43(18-14-27)36(46)40-37(29-8-7-15-39-34(29)51-6-2)30-23-26(25-38)9-11-31(30)44(35(37)45)52(47,48)33-12-10-28(49-3)24-32(33)50-4/h7-12,15,23-24,27H,5-6,13-14,16-22H2,1-4H3,(H,40,46). The number of pyridine rings is 1. The molecule has 276 valence electrons. The van der Waals surface area contributed by atoms with Crippen LogP contribution in [0, 0.1) is 11.3 Å². The molecule has 2 aromatic carbocycles. The normalized spacial score (nSPS) is 19.9. The molecule has 6 rings (SSSR count). The van der Waals surface area contributed by atoms with Crippen LogP contribution >= 0.6 is 0 Å². The fourth-order valence-electron chi connectivity index (χ4n) is 7.50. The van der Waals surface area contributed by atoms with Gasteiger partial charge in [-0.05, 0) is 75.2 Å². The number of nitrogens with one attached hydrogen (secondary N) is 1. The number of methoxy groups -OCH3 is 2. The largest absolute Gasteiger partial charge is 0.497 e. The number of carbonyl (C=O) groups excluding carboxylic acids is 2. The molecule has 3 amide bonds. The van der Waals surface area contributed by atoms with Crippen LogP contribution in [0.25, 0.3) is 0 Å². The van der Waals surface area contributed by atoms with Gasteiger partial charge in [-0.1, -0.05) is 6.92 Å². The summed E-state index contributed by atoms with van der Waals surface area (Å²) in [5.41, 5.74) is -1.79. The van der Waals surface area contributed by atoms with E-state index in [-0.39, 0.29) is 45.5 Å². The minimum Gasteiger partial charge on any atom is -0.497 e. The average molecular weight is 732 g/mol. The SMILES string of the molecule is CCCN1CCN(C2CCN(C(=O)NC3(c4cccnc4OCC)C(=O)N(S(=O)(=O)c4ccc(OC)cc4OC)c4ccc(C#N)cc43)CC2)CC1. The minimum absolute atomic E-state index is 0.0330. The number of aromatic nitrogens is 1. The Morgan fingerprint density at radius 1 is 1.00 bits per heavy atom. The number of carbonyl (C=O) groups is 2. The van der Waals surface area contributed by atoms with E-state index in [9.17, 15) is 18.5 Å². The van der Waals surface area contributed by atoms with E-state index in [4.69, 9.17) is 14.2 Å². The molecule has 0 bridgehead atoms. The fraction of sp³-hybridized carbons (Fsp3) is 0.459. The molecule has 1 aromatic heterocycles. The Labute approximate surface area is 304 Å². The number of hydrogen-bond acceptors (Lipinski definition) is 11. The molecule has 52 heavy (non-hydrogen) atoms. The Morgan fingerprint density at radius 3 is 2.40 bits per heavy atom. The van der Waals surface area contributed by atoms with Crippen molar-refractivity contribution in [1.82, 2.24) is 25.0 Å². The number of rotatable bonds is 11. The molecule has 14 nitrogen and oxygen atoms in total. The van der Waals surface area contributed by atoms with E-state index in [2.05, 4.69) is 33.1 Å². The Morgan fingerprint density at radius 2 is 1.75 bits per heavy atom. The lowest BCUT2D eigenvalue weighted by Crippen LogP contribution is -2.59. The van der Waals surface area contributed by atoms with Gasteiger partial charge in [0.15, 0.2) is 5.54 Å². The molecular formula is C37H45N7O7S. The smallest absolute Gasteiger partial charge is 0.318 e. The van der Waals surface area contributed by atoms with E-state index >= 15 is 4.79 Å². The second kappa shape index (κ2) is 15.4. The third-order valence-electron chi connectivity index (χ3n) is 10.1. The number of nitriles is 1. The van der Waals surface area contributed by atoms with Crippen molar-refractivity contribution in [2.75, 3.05) is 70.9 Å². The lowest BCUT2D eigenvalue weighted by atomic mass is 9.83. The molecule has 0 saturated carbocycles. The number of amides is 3. The lowest BCUT2D eigenvalue weighted by Gasteiger charge is -2.43. The molecule has 4 heterocycles. The third-order valence-corrected chi connectivity index (χ3v) is 11.8. The van der Waals surface area contributed by atoms with Crippen LogP contribution in [0.15, 0.2) is 59.6 Å². The van der Waals surface area contributed by atoms with Crippen LogP contribution < -0.4 is 23.8 Å². The fourth-order valence-corrected chi connectivity index (χ4v) is 9.11. The van der Waals surface area contributed by atoms with Crippen LogP contribution in [-0.4, -0.2) is 113 Å². The van der Waals surface area contributed by atoms with Crippen molar-refractivity contribution < 1.29 is 32.2 Å². The third kappa shape index (κ3) is 6.62. The van der Waals surface area contributed by atoms with E-state index < -0.39 is 27.5 Å². The summed E-state index contributed by atoms with van der Waals surface area (Å²) in [6.45, 7) is 10.1. The van der Waals surface area contributed by atoms with Gasteiger partial charge in [0.2, 0.25) is 5.88 Å². The van der Waals surface area contributed by atoms with Crippen molar-refractivity contribution >= 4 is 27.6 Å². The highest BCUT2D eigenvalue weighted by Gasteiger charge is 2.59. The average Bonchev–Trinajstić information content (AvgIpc) is 3.42. The van der Waals surface area contributed by atoms with Gasteiger partial charge in [0.05, 0.1) is 43.7 Å². The topological polar surface area (TPSA) is 158 Å². The van der Waals surface area contributed by atoms with Gasteiger partial charge in [0.25, 0.3) is 15.9 Å². The van der Waals surface area contributed by atoms with Crippen LogP contribution in [-0.2, 0) is 20.4 Å². The summed E-state index contributed by atoms with van der Waals surface area (Å²) in [6.07, 6.45) is 4.13. The molecule has 0 aliphatic carbocycles. The molecule has 3 aromatic rings. The zero-order chi connectivity index (χ0) is 37.0. The van der Waals surface area contributed by atoms with E-state index in [1.165, 1.54) is 56.8 Å². The molecule has 1 atom stereocenters. The molecule has 0 spiro atoms. The number of anilines is 1. The van der Waals surface area contributed by atoms with Gasteiger partial charge in [-0.2, -0.15) is 9.57 Å². The number of sulfonamides is 1. The maximum Gasteiger partial charge on any atom is 0.318 e. The molecule has 2 fully saturated rings. The first kappa shape index (κ1) is 36.9. The molecule has 3 aliphatic rings. The predicted octanol–water partition coefficient (Wildman–Crippen LogP) is 3.55. The molecular weight excluding hydrogens is 687 g/mol. The zero-order valence-electron chi connectivity index (χ0n) is 30.0. The van der Waals surface area contributed by atoms with Crippen LogP contribution in [0.2, 0.25) is 0 Å². The van der Waals surface area contributed by atoms with Gasteiger partial charge in [-0.15, -0.1) is 0 Å². The van der Waals surface area contributed by atoms with Crippen molar-refractivity contribution in [2.24, 2.45) is 0 Å². The predicted molar refractivity (Wildman–Crippen MR) is 193 cm³/mol. The monoisotopic (exact) mass is 731 g/mol. The van der Waals surface area contributed by atoms with Crippen LogP contribution in [0.5, 0.6) is 17.4 Å². The van der Waals surface area contributed by atoms with Gasteiger partial charge in [0.1, 0.15) is 16.4 Å². The number of hydrogen-bond donors (Lipinski definition) is 1. The second-order valence-corrected chi connectivity index (χ2v) is 14.8. The number of piperazine rings is 1. The van der Waals surface area contributed by atoms with Gasteiger partial charge in [0, 0.05) is 63.1 Å².